The number of hydrogen-bond acceptors (Lipinski definition) is 5. The summed E-state index contributed by atoms with van der Waals surface area (Å²) in [5.74, 6) is 0.208. The minimum atomic E-state index is -4.40. The van der Waals surface area contributed by atoms with Crippen LogP contribution in [0.3, 0.4) is 0 Å². The number of nitro groups is 1. The van der Waals surface area contributed by atoms with Crippen LogP contribution >= 0.6 is 0 Å². The van der Waals surface area contributed by atoms with E-state index in [0.717, 1.165) is 0 Å². The van der Waals surface area contributed by atoms with Gasteiger partial charge in [-0.25, -0.2) is 4.98 Å². The minimum absolute atomic E-state index is 0.0899. The van der Waals surface area contributed by atoms with Gasteiger partial charge in [-0.2, -0.15) is 13.2 Å². The van der Waals surface area contributed by atoms with Crippen molar-refractivity contribution in [1.82, 2.24) is 4.98 Å². The van der Waals surface area contributed by atoms with Crippen LogP contribution in [0.1, 0.15) is 18.5 Å². The molecule has 1 unspecified atom stereocenters. The average molecular weight is 341 g/mol. The number of pyridine rings is 1. The van der Waals surface area contributed by atoms with Gasteiger partial charge in [0.05, 0.1) is 11.0 Å². The van der Waals surface area contributed by atoms with Crippen molar-refractivity contribution in [3.05, 3.63) is 58.3 Å². The van der Waals surface area contributed by atoms with E-state index in [2.05, 4.69) is 15.0 Å². The zero-order valence-electron chi connectivity index (χ0n) is 12.6. The van der Waals surface area contributed by atoms with Crippen molar-refractivity contribution in [2.24, 2.45) is 0 Å². The quantitative estimate of drug-likeness (QED) is 0.632. The van der Waals surface area contributed by atoms with Crippen LogP contribution in [0.15, 0.2) is 42.6 Å². The molecule has 1 atom stereocenters. The molecular weight excluding hydrogens is 327 g/mol. The molecule has 1 aromatic carbocycles. The van der Waals surface area contributed by atoms with E-state index in [1.54, 1.807) is 19.1 Å². The summed E-state index contributed by atoms with van der Waals surface area (Å²) in [6, 6.07) is 8.43. The Hall–Kier alpha value is -2.84. The monoisotopic (exact) mass is 341 g/mol. The number of ether oxygens (including phenoxy) is 1. The van der Waals surface area contributed by atoms with Crippen LogP contribution in [0.25, 0.3) is 0 Å². The van der Waals surface area contributed by atoms with E-state index in [1.807, 2.05) is 0 Å². The van der Waals surface area contributed by atoms with E-state index in [4.69, 9.17) is 0 Å². The third-order valence-corrected chi connectivity index (χ3v) is 3.12. The fourth-order valence-corrected chi connectivity index (χ4v) is 1.96. The molecule has 0 spiro atoms. The van der Waals surface area contributed by atoms with Crippen molar-refractivity contribution in [1.29, 1.82) is 0 Å². The predicted octanol–water partition coefficient (Wildman–Crippen LogP) is 4.10. The van der Waals surface area contributed by atoms with Gasteiger partial charge in [-0.05, 0) is 30.7 Å². The van der Waals surface area contributed by atoms with Gasteiger partial charge in [0.1, 0.15) is 5.75 Å². The molecule has 0 bridgehead atoms. The summed E-state index contributed by atoms with van der Waals surface area (Å²) in [5, 5.41) is 13.9. The van der Waals surface area contributed by atoms with E-state index in [9.17, 15) is 23.3 Å². The van der Waals surface area contributed by atoms with Crippen molar-refractivity contribution in [2.45, 2.75) is 19.1 Å². The third-order valence-electron chi connectivity index (χ3n) is 3.12. The van der Waals surface area contributed by atoms with Crippen LogP contribution in [-0.2, 0) is 0 Å². The summed E-state index contributed by atoms with van der Waals surface area (Å²) in [4.78, 5) is 14.3. The zero-order valence-corrected chi connectivity index (χ0v) is 12.6. The topological polar surface area (TPSA) is 77.3 Å². The number of halogens is 3. The summed E-state index contributed by atoms with van der Waals surface area (Å²) in [5.41, 5.74) is 0.559. The highest BCUT2D eigenvalue weighted by atomic mass is 19.4. The number of aromatic nitrogens is 1. The lowest BCUT2D eigenvalue weighted by molar-refractivity contribution is -0.384. The third kappa shape index (κ3) is 4.83. The van der Waals surface area contributed by atoms with Crippen LogP contribution in [-0.4, -0.2) is 22.7 Å². The Morgan fingerprint density at radius 2 is 1.96 bits per heavy atom. The number of nitrogens with zero attached hydrogens (tertiary/aromatic N) is 2. The number of anilines is 1. The average Bonchev–Trinajstić information content (AvgIpc) is 2.53. The number of hydrogen-bond donors (Lipinski definition) is 1. The second-order valence-electron chi connectivity index (χ2n) is 4.97. The zero-order chi connectivity index (χ0) is 17.7. The van der Waals surface area contributed by atoms with Gasteiger partial charge in [-0.3, -0.25) is 10.1 Å². The Morgan fingerprint density at radius 1 is 1.29 bits per heavy atom. The van der Waals surface area contributed by atoms with Crippen molar-refractivity contribution < 1.29 is 22.8 Å². The molecule has 0 saturated heterocycles. The Morgan fingerprint density at radius 3 is 2.54 bits per heavy atom. The smallest absolute Gasteiger partial charge is 0.422 e. The minimum Gasteiger partial charge on any atom is -0.484 e. The predicted molar refractivity (Wildman–Crippen MR) is 80.9 cm³/mol. The molecule has 1 N–H and O–H groups in total. The molecular formula is C15H14F3N3O3. The molecule has 0 saturated carbocycles. The maximum Gasteiger partial charge on any atom is 0.422 e. The van der Waals surface area contributed by atoms with E-state index in [-0.39, 0.29) is 23.3 Å². The van der Waals surface area contributed by atoms with E-state index in [1.165, 1.54) is 30.5 Å². The molecule has 1 aromatic heterocycles. The summed E-state index contributed by atoms with van der Waals surface area (Å²) in [7, 11) is 0. The van der Waals surface area contributed by atoms with Gasteiger partial charge < -0.3 is 10.1 Å². The van der Waals surface area contributed by atoms with Crippen LogP contribution in [0.4, 0.5) is 24.7 Å². The van der Waals surface area contributed by atoms with Gasteiger partial charge in [0, 0.05) is 12.3 Å². The highest BCUT2D eigenvalue weighted by Crippen LogP contribution is 2.26. The standard InChI is InChI=1S/C15H14F3N3O3/c1-10(20-14-13(21(22)23)3-2-8-19-14)11-4-6-12(7-5-11)24-9-15(16,17)18/h2-8,10H,9H2,1H3,(H,19,20). The summed E-state index contributed by atoms with van der Waals surface area (Å²) < 4.78 is 40.9. The van der Waals surface area contributed by atoms with Crippen molar-refractivity contribution >= 4 is 11.5 Å². The van der Waals surface area contributed by atoms with Gasteiger partial charge in [0.25, 0.3) is 0 Å². The van der Waals surface area contributed by atoms with Gasteiger partial charge in [-0.1, -0.05) is 12.1 Å². The molecule has 0 amide bonds. The first-order valence-electron chi connectivity index (χ1n) is 6.92. The normalized spacial score (nSPS) is 12.5. The molecule has 0 radical (unpaired) electrons. The van der Waals surface area contributed by atoms with E-state index in [0.29, 0.717) is 5.56 Å². The molecule has 2 aromatic rings. The first kappa shape index (κ1) is 17.5. The van der Waals surface area contributed by atoms with Gasteiger partial charge >= 0.3 is 11.9 Å². The second kappa shape index (κ2) is 7.16. The van der Waals surface area contributed by atoms with Crippen LogP contribution < -0.4 is 10.1 Å². The van der Waals surface area contributed by atoms with Crippen molar-refractivity contribution in [3.63, 3.8) is 0 Å². The fraction of sp³-hybridized carbons (Fsp3) is 0.267. The van der Waals surface area contributed by atoms with Gasteiger partial charge in [-0.15, -0.1) is 0 Å². The Labute approximate surface area is 135 Å². The first-order valence-corrected chi connectivity index (χ1v) is 6.92. The summed E-state index contributed by atoms with van der Waals surface area (Å²) in [6.07, 6.45) is -2.97. The van der Waals surface area contributed by atoms with E-state index < -0.39 is 17.7 Å². The lowest BCUT2D eigenvalue weighted by atomic mass is 10.1. The maximum absolute atomic E-state index is 12.1. The number of alkyl halides is 3. The molecule has 6 nitrogen and oxygen atoms in total. The molecule has 24 heavy (non-hydrogen) atoms. The number of rotatable bonds is 6. The molecule has 0 aliphatic heterocycles. The van der Waals surface area contributed by atoms with Gasteiger partial charge in [0.2, 0.25) is 5.82 Å². The molecule has 9 heteroatoms. The molecule has 1 heterocycles. The second-order valence-corrected chi connectivity index (χ2v) is 4.97. The molecule has 0 aliphatic rings. The van der Waals surface area contributed by atoms with Crippen molar-refractivity contribution in [3.8, 4) is 5.75 Å². The van der Waals surface area contributed by atoms with Crippen molar-refractivity contribution in [2.75, 3.05) is 11.9 Å². The molecule has 0 fully saturated rings. The fourth-order valence-electron chi connectivity index (χ4n) is 1.96. The Bertz CT molecular complexity index is 705. The highest BCUT2D eigenvalue weighted by Gasteiger charge is 2.28. The highest BCUT2D eigenvalue weighted by molar-refractivity contribution is 5.56. The Balaban J connectivity index is 2.05. The maximum atomic E-state index is 12.1. The summed E-state index contributed by atoms with van der Waals surface area (Å²) in [6.45, 7) is 0.393. The van der Waals surface area contributed by atoms with E-state index >= 15 is 0 Å². The molecule has 128 valence electrons. The largest absolute Gasteiger partial charge is 0.484 e. The summed E-state index contributed by atoms with van der Waals surface area (Å²) >= 11 is 0. The SMILES string of the molecule is CC(Nc1ncccc1[N+](=O)[O-])c1ccc(OCC(F)(F)F)cc1. The van der Waals surface area contributed by atoms with Crippen LogP contribution in [0.5, 0.6) is 5.75 Å². The molecule has 0 aliphatic carbocycles. The lowest BCUT2D eigenvalue weighted by Crippen LogP contribution is -2.19. The van der Waals surface area contributed by atoms with Crippen LogP contribution in [0.2, 0.25) is 0 Å². The van der Waals surface area contributed by atoms with Gasteiger partial charge in [0.15, 0.2) is 6.61 Å². The lowest BCUT2D eigenvalue weighted by Gasteiger charge is -2.15. The Kier molecular flexibility index (Phi) is 5.22. The first-order chi connectivity index (χ1) is 11.3. The number of nitrogens with one attached hydrogen (secondary N) is 1. The number of benzene rings is 1. The molecule has 2 rings (SSSR count). The van der Waals surface area contributed by atoms with Crippen LogP contribution in [0, 0.1) is 10.1 Å².